The monoisotopic (exact) mass is 321 g/mol. The van der Waals surface area contributed by atoms with Crippen molar-refractivity contribution >= 4 is 27.3 Å². The van der Waals surface area contributed by atoms with Crippen LogP contribution in [-0.4, -0.2) is 4.98 Å². The van der Waals surface area contributed by atoms with Crippen LogP contribution in [-0.2, 0) is 6.18 Å². The van der Waals surface area contributed by atoms with Crippen LogP contribution in [0.3, 0.4) is 0 Å². The average molecular weight is 322 g/mol. The van der Waals surface area contributed by atoms with Crippen molar-refractivity contribution in [2.45, 2.75) is 13.1 Å². The maximum Gasteiger partial charge on any atom is 0.427 e. The van der Waals surface area contributed by atoms with Crippen LogP contribution >= 0.6 is 27.3 Å². The third kappa shape index (κ3) is 2.52. The predicted molar refractivity (Wildman–Crippen MR) is 65.0 cm³/mol. The summed E-state index contributed by atoms with van der Waals surface area (Å²) in [6.07, 6.45) is -4.33. The lowest BCUT2D eigenvalue weighted by molar-refractivity contribution is -0.134. The Labute approximate surface area is 108 Å². The number of nitrogens with zero attached hydrogens (tertiary/aromatic N) is 1. The van der Waals surface area contributed by atoms with Gasteiger partial charge in [0, 0.05) is 10.0 Å². The van der Waals surface area contributed by atoms with E-state index in [-0.39, 0.29) is 5.69 Å². The highest BCUT2D eigenvalue weighted by Gasteiger charge is 2.36. The molecule has 0 aliphatic carbocycles. The number of benzene rings is 1. The van der Waals surface area contributed by atoms with Gasteiger partial charge < -0.3 is 0 Å². The summed E-state index contributed by atoms with van der Waals surface area (Å²) in [5.41, 5.74) is 0.698. The molecule has 17 heavy (non-hydrogen) atoms. The van der Waals surface area contributed by atoms with Crippen LogP contribution in [0, 0.1) is 6.92 Å². The number of hydrogen-bond donors (Lipinski definition) is 0. The molecule has 0 atom stereocenters. The van der Waals surface area contributed by atoms with E-state index < -0.39 is 11.1 Å². The van der Waals surface area contributed by atoms with Gasteiger partial charge >= 0.3 is 6.18 Å². The average Bonchev–Trinajstić information content (AvgIpc) is 2.60. The van der Waals surface area contributed by atoms with Crippen molar-refractivity contribution in [3.05, 3.63) is 39.3 Å². The second-order valence-electron chi connectivity index (χ2n) is 3.41. The molecule has 0 aliphatic rings. The maximum atomic E-state index is 12.6. The van der Waals surface area contributed by atoms with Crippen LogP contribution < -0.4 is 0 Å². The molecule has 0 bridgehead atoms. The third-order valence-electron chi connectivity index (χ3n) is 2.16. The summed E-state index contributed by atoms with van der Waals surface area (Å²) in [5, 5.41) is 0.377. The molecular weight excluding hydrogens is 315 g/mol. The highest BCUT2D eigenvalue weighted by atomic mass is 79.9. The number of halogens is 4. The normalized spacial score (nSPS) is 11.8. The van der Waals surface area contributed by atoms with E-state index in [2.05, 4.69) is 20.9 Å². The van der Waals surface area contributed by atoms with E-state index in [1.807, 2.05) is 0 Å². The molecule has 2 rings (SSSR count). The van der Waals surface area contributed by atoms with Crippen LogP contribution in [0.15, 0.2) is 28.7 Å². The summed E-state index contributed by atoms with van der Waals surface area (Å²) in [6, 6.07) is 7.09. The number of rotatable bonds is 1. The van der Waals surface area contributed by atoms with Crippen molar-refractivity contribution in [1.82, 2.24) is 4.98 Å². The molecule has 0 aliphatic heterocycles. The van der Waals surface area contributed by atoms with Gasteiger partial charge in [0.1, 0.15) is 9.88 Å². The summed E-state index contributed by atoms with van der Waals surface area (Å²) in [6.45, 7) is 1.37. The minimum absolute atomic E-state index is 0.0215. The molecule has 90 valence electrons. The molecule has 0 N–H and O–H groups in total. The van der Waals surface area contributed by atoms with Gasteiger partial charge in [-0.3, -0.25) is 0 Å². The highest BCUT2D eigenvalue weighted by molar-refractivity contribution is 9.10. The molecule has 0 unspecified atom stereocenters. The van der Waals surface area contributed by atoms with E-state index in [1.165, 1.54) is 6.92 Å². The lowest BCUT2D eigenvalue weighted by Gasteiger charge is -2.02. The molecule has 0 spiro atoms. The Morgan fingerprint density at radius 2 is 1.88 bits per heavy atom. The first-order valence-corrected chi connectivity index (χ1v) is 6.30. The molecule has 0 amide bonds. The summed E-state index contributed by atoms with van der Waals surface area (Å²) < 4.78 is 38.6. The lowest BCUT2D eigenvalue weighted by Crippen LogP contribution is -2.03. The van der Waals surface area contributed by atoms with Crippen molar-refractivity contribution in [3.63, 3.8) is 0 Å². The van der Waals surface area contributed by atoms with Crippen molar-refractivity contribution < 1.29 is 13.2 Å². The lowest BCUT2D eigenvalue weighted by atomic mass is 10.2. The number of aromatic nitrogens is 1. The van der Waals surface area contributed by atoms with Gasteiger partial charge in [0.15, 0.2) is 0 Å². The molecule has 1 aromatic carbocycles. The topological polar surface area (TPSA) is 12.9 Å². The minimum atomic E-state index is -4.33. The molecule has 2 aromatic rings. The second-order valence-corrected chi connectivity index (χ2v) is 5.26. The molecule has 6 heteroatoms. The molecule has 1 aromatic heterocycles. The zero-order valence-electron chi connectivity index (χ0n) is 8.68. The Hall–Kier alpha value is -0.880. The third-order valence-corrected chi connectivity index (χ3v) is 4.09. The molecular formula is C11H7BrF3NS. The van der Waals surface area contributed by atoms with Crippen molar-refractivity contribution in [1.29, 1.82) is 0 Å². The van der Waals surface area contributed by atoms with Crippen LogP contribution in [0.2, 0.25) is 0 Å². The smallest absolute Gasteiger partial charge is 0.241 e. The Morgan fingerprint density at radius 1 is 1.24 bits per heavy atom. The number of alkyl halides is 3. The Morgan fingerprint density at radius 3 is 2.41 bits per heavy atom. The Kier molecular flexibility index (Phi) is 3.27. The largest absolute Gasteiger partial charge is 0.427 e. The Balaban J connectivity index is 2.53. The van der Waals surface area contributed by atoms with Crippen molar-refractivity contribution in [3.8, 4) is 10.6 Å². The second kappa shape index (κ2) is 4.42. The highest BCUT2D eigenvalue weighted by Crippen LogP contribution is 2.40. The van der Waals surface area contributed by atoms with Gasteiger partial charge in [0.25, 0.3) is 0 Å². The molecule has 0 saturated heterocycles. The fraction of sp³-hybridized carbons (Fsp3) is 0.182. The number of hydrogen-bond acceptors (Lipinski definition) is 2. The number of aryl methyl sites for hydroxylation is 1. The van der Waals surface area contributed by atoms with E-state index in [4.69, 9.17) is 0 Å². The van der Waals surface area contributed by atoms with Crippen LogP contribution in [0.5, 0.6) is 0 Å². The van der Waals surface area contributed by atoms with Crippen LogP contribution in [0.4, 0.5) is 13.2 Å². The molecule has 0 radical (unpaired) electrons. The van der Waals surface area contributed by atoms with Crippen molar-refractivity contribution in [2.75, 3.05) is 0 Å². The predicted octanol–water partition coefficient (Wildman–Crippen LogP) is 4.90. The molecule has 0 saturated carbocycles. The quantitative estimate of drug-likeness (QED) is 0.728. The van der Waals surface area contributed by atoms with E-state index in [0.717, 1.165) is 4.47 Å². The Bertz CT molecular complexity index is 548. The minimum Gasteiger partial charge on any atom is -0.241 e. The first kappa shape index (κ1) is 12.6. The summed E-state index contributed by atoms with van der Waals surface area (Å²) in [5.74, 6) is 0. The molecule has 1 heterocycles. The van der Waals surface area contributed by atoms with Gasteiger partial charge in [-0.2, -0.15) is 13.2 Å². The van der Waals surface area contributed by atoms with Crippen molar-refractivity contribution in [2.24, 2.45) is 0 Å². The van der Waals surface area contributed by atoms with Crippen LogP contribution in [0.1, 0.15) is 10.6 Å². The fourth-order valence-electron chi connectivity index (χ4n) is 1.41. The fourth-order valence-corrected chi connectivity index (χ4v) is 2.99. The SMILES string of the molecule is Cc1nc(-c2ccccc2Br)sc1C(F)(F)F. The van der Waals surface area contributed by atoms with Gasteiger partial charge in [-0.05, 0) is 13.0 Å². The summed E-state index contributed by atoms with van der Waals surface area (Å²) >= 11 is 3.97. The van der Waals surface area contributed by atoms with Gasteiger partial charge in [-0.25, -0.2) is 4.98 Å². The zero-order valence-corrected chi connectivity index (χ0v) is 11.1. The molecule has 0 fully saturated rings. The summed E-state index contributed by atoms with van der Waals surface area (Å²) in [7, 11) is 0. The van der Waals surface area contributed by atoms with E-state index >= 15 is 0 Å². The summed E-state index contributed by atoms with van der Waals surface area (Å²) in [4.78, 5) is 3.34. The van der Waals surface area contributed by atoms with Crippen LogP contribution in [0.25, 0.3) is 10.6 Å². The van der Waals surface area contributed by atoms with Gasteiger partial charge in [0.2, 0.25) is 0 Å². The zero-order chi connectivity index (χ0) is 12.6. The van der Waals surface area contributed by atoms with Gasteiger partial charge in [-0.15, -0.1) is 11.3 Å². The first-order chi connectivity index (χ1) is 7.89. The number of thiazole rings is 1. The van der Waals surface area contributed by atoms with Gasteiger partial charge in [0.05, 0.1) is 5.69 Å². The van der Waals surface area contributed by atoms with Gasteiger partial charge in [-0.1, -0.05) is 34.1 Å². The molecule has 1 nitrogen and oxygen atoms in total. The van der Waals surface area contributed by atoms with E-state index in [0.29, 0.717) is 21.9 Å². The van der Waals surface area contributed by atoms with E-state index in [9.17, 15) is 13.2 Å². The maximum absolute atomic E-state index is 12.6. The standard InChI is InChI=1S/C11H7BrF3NS/c1-6-9(11(13,14)15)17-10(16-6)7-4-2-3-5-8(7)12/h2-5H,1H3. The van der Waals surface area contributed by atoms with E-state index in [1.54, 1.807) is 24.3 Å². The first-order valence-electron chi connectivity index (χ1n) is 4.69.